The fourth-order valence-electron chi connectivity index (χ4n) is 4.35. The minimum absolute atomic E-state index is 0.0117. The Labute approximate surface area is 176 Å². The van der Waals surface area contributed by atoms with Crippen LogP contribution in [0.1, 0.15) is 32.8 Å². The van der Waals surface area contributed by atoms with Crippen LogP contribution in [0.15, 0.2) is 40.1 Å². The number of rotatable bonds is 5. The maximum atomic E-state index is 11.4. The number of hydrazone groups is 1. The van der Waals surface area contributed by atoms with E-state index in [0.717, 1.165) is 47.9 Å². The van der Waals surface area contributed by atoms with Crippen molar-refractivity contribution in [1.82, 2.24) is 10.2 Å². The van der Waals surface area contributed by atoms with Crippen LogP contribution >= 0.6 is 0 Å². The Balaban J connectivity index is 1.69. The van der Waals surface area contributed by atoms with Gasteiger partial charge in [-0.25, -0.2) is 4.99 Å². The minimum Gasteiger partial charge on any atom is -0.493 e. The molecule has 0 radical (unpaired) electrons. The summed E-state index contributed by atoms with van der Waals surface area (Å²) in [6, 6.07) is 6.03. The van der Waals surface area contributed by atoms with Gasteiger partial charge in [-0.1, -0.05) is 4.68 Å². The summed E-state index contributed by atoms with van der Waals surface area (Å²) in [5, 5.41) is 7.82. The van der Waals surface area contributed by atoms with Crippen LogP contribution in [0.2, 0.25) is 0 Å². The topological polar surface area (TPSA) is 78.5 Å². The Morgan fingerprint density at radius 2 is 2.00 bits per heavy atom. The second-order valence-electron chi connectivity index (χ2n) is 7.79. The van der Waals surface area contributed by atoms with Gasteiger partial charge in [-0.15, -0.1) is 0 Å². The van der Waals surface area contributed by atoms with Gasteiger partial charge >= 0.3 is 6.17 Å². The van der Waals surface area contributed by atoms with E-state index in [9.17, 15) is 4.79 Å². The molecule has 1 amide bonds. The second kappa shape index (κ2) is 7.93. The van der Waals surface area contributed by atoms with E-state index in [1.807, 2.05) is 36.7 Å². The van der Waals surface area contributed by atoms with Crippen LogP contribution in [0, 0.1) is 0 Å². The molecule has 1 fully saturated rings. The molecule has 1 unspecified atom stereocenters. The maximum absolute atomic E-state index is 11.4. The summed E-state index contributed by atoms with van der Waals surface area (Å²) in [4.78, 5) is 18.7. The van der Waals surface area contributed by atoms with Crippen LogP contribution in [0.3, 0.4) is 0 Å². The largest absolute Gasteiger partial charge is 0.493 e. The Hall–Kier alpha value is -3.16. The number of hydrogen-bond acceptors (Lipinski definition) is 6. The van der Waals surface area contributed by atoms with E-state index in [-0.39, 0.29) is 18.1 Å². The van der Waals surface area contributed by atoms with Gasteiger partial charge in [0.05, 0.1) is 19.8 Å². The molecule has 8 heteroatoms. The number of likely N-dealkylation sites (tertiary alicyclic amines) is 1. The number of carbonyl (C=O) groups excluding carboxylic acids is 1. The van der Waals surface area contributed by atoms with Gasteiger partial charge < -0.3 is 19.7 Å². The lowest BCUT2D eigenvalue weighted by molar-refractivity contribution is -0.558. The third-order valence-electron chi connectivity index (χ3n) is 5.62. The molecule has 0 bridgehead atoms. The molecule has 1 aromatic rings. The first-order valence-electron chi connectivity index (χ1n) is 10.1. The Bertz CT molecular complexity index is 1010. The molecule has 1 aromatic carbocycles. The quantitative estimate of drug-likeness (QED) is 0.751. The standard InChI is InChI=1S/C22H27N5O3/c1-13-10-18(26-9-8-17(12-26)24-15(3)28)22-23-14(2)21(27(22)25-13)16-6-7-19(29-4)20(11-16)30-5/h6-7,10-11,17,22H,8-9,12H2,1-5H3/p+1/t17-,22?/m1/s1. The Kier molecular flexibility index (Phi) is 5.32. The molecule has 3 aliphatic heterocycles. The molecule has 3 aliphatic rings. The van der Waals surface area contributed by atoms with Crippen molar-refractivity contribution in [1.29, 1.82) is 0 Å². The third kappa shape index (κ3) is 3.58. The van der Waals surface area contributed by atoms with Crippen molar-refractivity contribution < 1.29 is 19.0 Å². The van der Waals surface area contributed by atoms with E-state index in [4.69, 9.17) is 19.6 Å². The van der Waals surface area contributed by atoms with Crippen LogP contribution < -0.4 is 14.8 Å². The number of nitrogens with zero attached hydrogens (tertiary/aromatic N) is 4. The van der Waals surface area contributed by atoms with Gasteiger partial charge in [-0.2, -0.15) is 0 Å². The zero-order valence-electron chi connectivity index (χ0n) is 18.1. The summed E-state index contributed by atoms with van der Waals surface area (Å²) in [6.07, 6.45) is 2.83. The number of allylic oxidation sites excluding steroid dienone is 1. The van der Waals surface area contributed by atoms with E-state index in [0.29, 0.717) is 11.5 Å². The number of methoxy groups -OCH3 is 2. The summed E-state index contributed by atoms with van der Waals surface area (Å²) in [7, 11) is 3.26. The smallest absolute Gasteiger partial charge is 0.318 e. The SMILES string of the molecule is COc1ccc(C2=[N+]3N=C(C)C=C(N4CC[C@@H](NC(C)=O)C4)C3N=C2C)cc1OC. The highest BCUT2D eigenvalue weighted by Crippen LogP contribution is 2.31. The first-order valence-corrected chi connectivity index (χ1v) is 10.1. The molecule has 4 rings (SSSR count). The van der Waals surface area contributed by atoms with Gasteiger partial charge in [0.2, 0.25) is 5.91 Å². The molecule has 0 aliphatic carbocycles. The molecule has 0 aromatic heterocycles. The van der Waals surface area contributed by atoms with Crippen molar-refractivity contribution >= 4 is 23.0 Å². The van der Waals surface area contributed by atoms with Crippen LogP contribution in [-0.2, 0) is 4.79 Å². The lowest BCUT2D eigenvalue weighted by atomic mass is 10.1. The average Bonchev–Trinajstić information content (AvgIpc) is 3.30. The number of carbonyl (C=O) groups is 1. The number of hydrogen-bond donors (Lipinski definition) is 1. The zero-order valence-corrected chi connectivity index (χ0v) is 18.1. The van der Waals surface area contributed by atoms with Gasteiger partial charge in [0.1, 0.15) is 17.1 Å². The van der Waals surface area contributed by atoms with Gasteiger partial charge in [-0.05, 0) is 49.6 Å². The predicted molar refractivity (Wildman–Crippen MR) is 116 cm³/mol. The number of fused-ring (bicyclic) bond motifs is 1. The van der Waals surface area contributed by atoms with Gasteiger partial charge in [0.15, 0.2) is 11.5 Å². The number of amides is 1. The van der Waals surface area contributed by atoms with E-state index in [1.54, 1.807) is 21.1 Å². The normalized spacial score (nSPS) is 23.0. The molecule has 8 nitrogen and oxygen atoms in total. The molecule has 1 saturated heterocycles. The van der Waals surface area contributed by atoms with Gasteiger partial charge in [-0.3, -0.25) is 4.79 Å². The highest BCUT2D eigenvalue weighted by atomic mass is 16.5. The monoisotopic (exact) mass is 410 g/mol. The van der Waals surface area contributed by atoms with Gasteiger partial charge in [0.25, 0.3) is 5.71 Å². The minimum atomic E-state index is -0.201. The van der Waals surface area contributed by atoms with Crippen LogP contribution in [0.25, 0.3) is 0 Å². The highest BCUT2D eigenvalue weighted by Gasteiger charge is 2.43. The predicted octanol–water partition coefficient (Wildman–Crippen LogP) is 1.79. The molecule has 30 heavy (non-hydrogen) atoms. The molecule has 0 spiro atoms. The van der Waals surface area contributed by atoms with Crippen LogP contribution in [0.5, 0.6) is 11.5 Å². The summed E-state index contributed by atoms with van der Waals surface area (Å²) >= 11 is 0. The lowest BCUT2D eigenvalue weighted by Crippen LogP contribution is -2.39. The van der Waals surface area contributed by atoms with Crippen LogP contribution in [-0.4, -0.2) is 72.1 Å². The molecular weight excluding hydrogens is 382 g/mol. The Morgan fingerprint density at radius 1 is 1.23 bits per heavy atom. The fraction of sp³-hybridized carbons (Fsp3) is 0.455. The van der Waals surface area contributed by atoms with Crippen molar-refractivity contribution in [2.45, 2.75) is 39.4 Å². The van der Waals surface area contributed by atoms with E-state index in [2.05, 4.69) is 16.3 Å². The number of benzene rings is 1. The maximum Gasteiger partial charge on any atom is 0.318 e. The zero-order chi connectivity index (χ0) is 21.4. The van der Waals surface area contributed by atoms with Crippen molar-refractivity contribution in [3.63, 3.8) is 0 Å². The van der Waals surface area contributed by atoms with Crippen molar-refractivity contribution in [2.75, 3.05) is 27.3 Å². The van der Waals surface area contributed by atoms with E-state index >= 15 is 0 Å². The molecule has 0 saturated carbocycles. The molecule has 3 heterocycles. The summed E-state index contributed by atoms with van der Waals surface area (Å²) in [6.45, 7) is 7.24. The molecular formula is C22H28N5O3+. The summed E-state index contributed by atoms with van der Waals surface area (Å²) in [5.41, 5.74) is 4.90. The lowest BCUT2D eigenvalue weighted by Gasteiger charge is -2.24. The average molecular weight is 410 g/mol. The highest BCUT2D eigenvalue weighted by molar-refractivity contribution is 6.46. The van der Waals surface area contributed by atoms with Crippen molar-refractivity contribution in [3.05, 3.63) is 35.5 Å². The molecule has 1 N–H and O–H groups in total. The number of nitrogens with one attached hydrogen (secondary N) is 1. The van der Waals surface area contributed by atoms with E-state index in [1.165, 1.54) is 0 Å². The fourth-order valence-corrected chi connectivity index (χ4v) is 4.35. The van der Waals surface area contributed by atoms with E-state index < -0.39 is 0 Å². The second-order valence-corrected chi connectivity index (χ2v) is 7.79. The number of ether oxygens (including phenoxy) is 2. The van der Waals surface area contributed by atoms with Crippen molar-refractivity contribution in [3.8, 4) is 11.5 Å². The third-order valence-corrected chi connectivity index (χ3v) is 5.62. The molecule has 2 atom stereocenters. The van der Waals surface area contributed by atoms with Gasteiger partial charge in [0, 0.05) is 26.1 Å². The molecule has 158 valence electrons. The van der Waals surface area contributed by atoms with Crippen molar-refractivity contribution in [2.24, 2.45) is 10.1 Å². The van der Waals surface area contributed by atoms with Crippen LogP contribution in [0.4, 0.5) is 0 Å². The Morgan fingerprint density at radius 3 is 2.70 bits per heavy atom. The first-order chi connectivity index (χ1) is 14.4. The summed E-state index contributed by atoms with van der Waals surface area (Å²) < 4.78 is 12.9. The summed E-state index contributed by atoms with van der Waals surface area (Å²) in [5.74, 6) is 1.37. The number of aliphatic imine (C=N–C) groups is 1. The first kappa shape index (κ1) is 20.1.